The van der Waals surface area contributed by atoms with E-state index in [2.05, 4.69) is 57.5 Å². The Kier molecular flexibility index (Phi) is 8.29. The van der Waals surface area contributed by atoms with Crippen LogP contribution in [0.2, 0.25) is 0 Å². The molecule has 1 aliphatic heterocycles. The summed E-state index contributed by atoms with van der Waals surface area (Å²) in [5.74, 6) is 1.28. The second-order valence-corrected chi connectivity index (χ2v) is 8.99. The van der Waals surface area contributed by atoms with Crippen LogP contribution in [0.3, 0.4) is 0 Å². The van der Waals surface area contributed by atoms with Crippen LogP contribution in [0.4, 0.5) is 0 Å². The maximum Gasteiger partial charge on any atom is 0.191 e. The molecule has 160 valence electrons. The van der Waals surface area contributed by atoms with Crippen LogP contribution in [0, 0.1) is 5.92 Å². The first-order valence-corrected chi connectivity index (χ1v) is 11.5. The highest BCUT2D eigenvalue weighted by Gasteiger charge is 2.18. The number of piperazine rings is 1. The van der Waals surface area contributed by atoms with E-state index in [4.69, 9.17) is 0 Å². The molecule has 0 bridgehead atoms. The third-order valence-corrected chi connectivity index (χ3v) is 6.78. The number of aliphatic hydroxyl groups excluding tert-OH is 1. The van der Waals surface area contributed by atoms with Crippen molar-refractivity contribution < 1.29 is 5.11 Å². The number of thiophene rings is 1. The standard InChI is InChI=1S/C22H35N5OS/c1-4-26-9-11-27(12-10-26)16-17(2)14-24-22(23-3)25-15-19(28)21-13-18-7-5-6-8-20(18)29-21/h5-8,13,17,19,28H,4,9-12,14-16H2,1-3H3,(H2,23,24,25). The second-order valence-electron chi connectivity index (χ2n) is 7.88. The van der Waals surface area contributed by atoms with Gasteiger partial charge in [-0.25, -0.2) is 0 Å². The van der Waals surface area contributed by atoms with Gasteiger partial charge in [-0.3, -0.25) is 4.99 Å². The summed E-state index contributed by atoms with van der Waals surface area (Å²) < 4.78 is 1.21. The Morgan fingerprint density at radius 3 is 2.52 bits per heavy atom. The summed E-state index contributed by atoms with van der Waals surface area (Å²) in [5.41, 5.74) is 0. The van der Waals surface area contributed by atoms with Crippen LogP contribution < -0.4 is 10.6 Å². The van der Waals surface area contributed by atoms with E-state index in [1.807, 2.05) is 12.1 Å². The van der Waals surface area contributed by atoms with Gasteiger partial charge in [-0.2, -0.15) is 0 Å². The van der Waals surface area contributed by atoms with E-state index in [0.717, 1.165) is 43.6 Å². The van der Waals surface area contributed by atoms with Gasteiger partial charge >= 0.3 is 0 Å². The van der Waals surface area contributed by atoms with Crippen LogP contribution in [0.5, 0.6) is 0 Å². The Labute approximate surface area is 178 Å². The molecule has 2 unspecified atom stereocenters. The summed E-state index contributed by atoms with van der Waals surface area (Å²) in [6.45, 7) is 12.7. The molecule has 2 heterocycles. The van der Waals surface area contributed by atoms with Crippen molar-refractivity contribution in [3.8, 4) is 0 Å². The monoisotopic (exact) mass is 417 g/mol. The fourth-order valence-corrected chi connectivity index (χ4v) is 4.80. The quantitative estimate of drug-likeness (QED) is 0.455. The van der Waals surface area contributed by atoms with E-state index in [0.29, 0.717) is 12.5 Å². The number of nitrogens with zero attached hydrogens (tertiary/aromatic N) is 3. The van der Waals surface area contributed by atoms with Crippen LogP contribution in [-0.4, -0.2) is 80.3 Å². The van der Waals surface area contributed by atoms with Gasteiger partial charge in [0.1, 0.15) is 6.10 Å². The topological polar surface area (TPSA) is 63.1 Å². The first-order chi connectivity index (χ1) is 14.1. The highest BCUT2D eigenvalue weighted by Crippen LogP contribution is 2.29. The molecule has 1 aromatic heterocycles. The van der Waals surface area contributed by atoms with Crippen molar-refractivity contribution in [2.24, 2.45) is 10.9 Å². The third-order valence-electron chi connectivity index (χ3n) is 5.56. The second kappa shape index (κ2) is 10.9. The molecule has 0 spiro atoms. The summed E-state index contributed by atoms with van der Waals surface area (Å²) in [4.78, 5) is 10.3. The van der Waals surface area contributed by atoms with Gasteiger partial charge in [0.05, 0.1) is 0 Å². The molecule has 6 nitrogen and oxygen atoms in total. The zero-order valence-corrected chi connectivity index (χ0v) is 18.7. The number of hydrogen-bond acceptors (Lipinski definition) is 5. The SMILES string of the molecule is CCN1CCN(CC(C)CNC(=NC)NCC(O)c2cc3ccccc3s2)CC1. The third kappa shape index (κ3) is 6.40. The molecule has 1 aliphatic rings. The molecule has 0 amide bonds. The molecule has 0 radical (unpaired) electrons. The van der Waals surface area contributed by atoms with Crippen LogP contribution in [0.1, 0.15) is 24.8 Å². The van der Waals surface area contributed by atoms with Crippen molar-refractivity contribution in [3.05, 3.63) is 35.2 Å². The molecule has 3 N–H and O–H groups in total. The van der Waals surface area contributed by atoms with Crippen molar-refractivity contribution in [2.45, 2.75) is 20.0 Å². The summed E-state index contributed by atoms with van der Waals surface area (Å²) in [6.07, 6.45) is -0.543. The molecule has 29 heavy (non-hydrogen) atoms. The van der Waals surface area contributed by atoms with E-state index in [9.17, 15) is 5.11 Å². The number of guanidine groups is 1. The van der Waals surface area contributed by atoms with Gasteiger partial charge in [0.15, 0.2) is 5.96 Å². The minimum atomic E-state index is -0.543. The molecule has 2 atom stereocenters. The maximum atomic E-state index is 10.6. The largest absolute Gasteiger partial charge is 0.386 e. The fourth-order valence-electron chi connectivity index (χ4n) is 3.75. The smallest absolute Gasteiger partial charge is 0.191 e. The van der Waals surface area contributed by atoms with Crippen molar-refractivity contribution in [3.63, 3.8) is 0 Å². The van der Waals surface area contributed by atoms with E-state index in [-0.39, 0.29) is 0 Å². The van der Waals surface area contributed by atoms with Gasteiger partial charge in [-0.05, 0) is 30.0 Å². The zero-order chi connectivity index (χ0) is 20.6. The van der Waals surface area contributed by atoms with E-state index < -0.39 is 6.10 Å². The average molecular weight is 418 g/mol. The fraction of sp³-hybridized carbons (Fsp3) is 0.591. The molecular formula is C22H35N5OS. The minimum Gasteiger partial charge on any atom is -0.386 e. The van der Waals surface area contributed by atoms with Crippen molar-refractivity contribution in [2.75, 3.05) is 59.4 Å². The Morgan fingerprint density at radius 2 is 1.83 bits per heavy atom. The molecule has 7 heteroatoms. The number of aliphatic imine (C=N–C) groups is 1. The van der Waals surface area contributed by atoms with E-state index in [1.165, 1.54) is 23.2 Å². The minimum absolute atomic E-state index is 0.444. The predicted octanol–water partition coefficient (Wildman–Crippen LogP) is 2.37. The van der Waals surface area contributed by atoms with Crippen LogP contribution in [0.15, 0.2) is 35.3 Å². The Hall–Kier alpha value is -1.67. The van der Waals surface area contributed by atoms with Gasteiger partial charge in [0.25, 0.3) is 0 Å². The van der Waals surface area contributed by atoms with Gasteiger partial charge in [0.2, 0.25) is 0 Å². The first kappa shape index (κ1) is 22.0. The molecule has 1 fully saturated rings. The van der Waals surface area contributed by atoms with Gasteiger partial charge in [-0.15, -0.1) is 11.3 Å². The van der Waals surface area contributed by atoms with Crippen molar-refractivity contribution in [1.82, 2.24) is 20.4 Å². The molecule has 0 saturated carbocycles. The normalized spacial score (nSPS) is 18.7. The highest BCUT2D eigenvalue weighted by atomic mass is 32.1. The summed E-state index contributed by atoms with van der Waals surface area (Å²) >= 11 is 1.64. The maximum absolute atomic E-state index is 10.6. The zero-order valence-electron chi connectivity index (χ0n) is 17.9. The van der Waals surface area contributed by atoms with Gasteiger partial charge in [-0.1, -0.05) is 32.0 Å². The lowest BCUT2D eigenvalue weighted by Crippen LogP contribution is -2.48. The number of likely N-dealkylation sites (N-methyl/N-ethyl adjacent to an activating group) is 1. The van der Waals surface area contributed by atoms with Crippen molar-refractivity contribution in [1.29, 1.82) is 0 Å². The summed E-state index contributed by atoms with van der Waals surface area (Å²) in [7, 11) is 1.77. The Morgan fingerprint density at radius 1 is 1.14 bits per heavy atom. The lowest BCUT2D eigenvalue weighted by molar-refractivity contribution is 0.124. The first-order valence-electron chi connectivity index (χ1n) is 10.6. The number of rotatable bonds is 8. The van der Waals surface area contributed by atoms with E-state index >= 15 is 0 Å². The lowest BCUT2D eigenvalue weighted by atomic mass is 10.1. The number of aliphatic hydroxyl groups is 1. The molecular weight excluding hydrogens is 382 g/mol. The van der Waals surface area contributed by atoms with Crippen LogP contribution in [-0.2, 0) is 0 Å². The highest BCUT2D eigenvalue weighted by molar-refractivity contribution is 7.19. The van der Waals surface area contributed by atoms with Crippen molar-refractivity contribution >= 4 is 27.4 Å². The summed E-state index contributed by atoms with van der Waals surface area (Å²) in [5, 5.41) is 18.4. The molecule has 2 aromatic rings. The summed E-state index contributed by atoms with van der Waals surface area (Å²) in [6, 6.07) is 10.3. The number of nitrogens with one attached hydrogen (secondary N) is 2. The Balaban J connectivity index is 1.39. The van der Waals surface area contributed by atoms with Gasteiger partial charge < -0.3 is 25.5 Å². The molecule has 1 aromatic carbocycles. The predicted molar refractivity (Wildman–Crippen MR) is 124 cm³/mol. The Bertz CT molecular complexity index is 751. The van der Waals surface area contributed by atoms with Crippen LogP contribution >= 0.6 is 11.3 Å². The van der Waals surface area contributed by atoms with Crippen LogP contribution in [0.25, 0.3) is 10.1 Å². The molecule has 3 rings (SSSR count). The van der Waals surface area contributed by atoms with E-state index in [1.54, 1.807) is 18.4 Å². The average Bonchev–Trinajstić information content (AvgIpc) is 3.18. The lowest BCUT2D eigenvalue weighted by Gasteiger charge is -2.35. The molecule has 0 aliphatic carbocycles. The number of fused-ring (bicyclic) bond motifs is 1. The van der Waals surface area contributed by atoms with Gasteiger partial charge in [0, 0.05) is 62.4 Å². The number of benzene rings is 1. The number of hydrogen-bond donors (Lipinski definition) is 3. The molecule has 1 saturated heterocycles.